The van der Waals surface area contributed by atoms with Gasteiger partial charge in [0.15, 0.2) is 0 Å². The second-order valence-corrected chi connectivity index (χ2v) is 5.43. The van der Waals surface area contributed by atoms with Crippen molar-refractivity contribution in [2.45, 2.75) is 19.9 Å². The lowest BCUT2D eigenvalue weighted by atomic mass is 10.1. The molecule has 0 radical (unpaired) electrons. The third-order valence-electron chi connectivity index (χ3n) is 2.73. The molecule has 0 amide bonds. The summed E-state index contributed by atoms with van der Waals surface area (Å²) >= 11 is 18.4. The van der Waals surface area contributed by atoms with Crippen molar-refractivity contribution in [3.05, 3.63) is 45.3 Å². The standard InChI is InChI=1S/C14H14Cl3NO/c1-2-4-18-8-13-10(3-5-19-13)14-11(16)6-9(15)7-12(14)17/h3,5-7,18H,2,4,8H2,1H3. The highest BCUT2D eigenvalue weighted by molar-refractivity contribution is 6.41. The summed E-state index contributed by atoms with van der Waals surface area (Å²) in [6.45, 7) is 3.69. The van der Waals surface area contributed by atoms with Crippen LogP contribution in [0, 0.1) is 0 Å². The monoisotopic (exact) mass is 317 g/mol. The molecule has 0 fully saturated rings. The van der Waals surface area contributed by atoms with Crippen molar-refractivity contribution in [3.8, 4) is 11.1 Å². The molecule has 0 unspecified atom stereocenters. The number of furan rings is 1. The van der Waals surface area contributed by atoms with Gasteiger partial charge in [0, 0.05) is 16.1 Å². The third kappa shape index (κ3) is 3.46. The van der Waals surface area contributed by atoms with Crippen LogP contribution >= 0.6 is 34.8 Å². The molecule has 1 N–H and O–H groups in total. The van der Waals surface area contributed by atoms with Crippen LogP contribution in [0.15, 0.2) is 28.9 Å². The van der Waals surface area contributed by atoms with Crippen LogP contribution in [0.4, 0.5) is 0 Å². The van der Waals surface area contributed by atoms with Gasteiger partial charge in [-0.1, -0.05) is 41.7 Å². The van der Waals surface area contributed by atoms with Crippen LogP contribution in [0.5, 0.6) is 0 Å². The van der Waals surface area contributed by atoms with Gasteiger partial charge in [0.1, 0.15) is 5.76 Å². The predicted octanol–water partition coefficient (Wildman–Crippen LogP) is 5.41. The maximum Gasteiger partial charge on any atom is 0.125 e. The SMILES string of the molecule is CCCNCc1occc1-c1c(Cl)cc(Cl)cc1Cl. The van der Waals surface area contributed by atoms with E-state index in [2.05, 4.69) is 12.2 Å². The Bertz CT molecular complexity index is 543. The Balaban J connectivity index is 2.35. The summed E-state index contributed by atoms with van der Waals surface area (Å²) in [6, 6.07) is 5.23. The van der Waals surface area contributed by atoms with E-state index in [1.807, 2.05) is 6.07 Å². The van der Waals surface area contributed by atoms with Crippen molar-refractivity contribution in [3.63, 3.8) is 0 Å². The summed E-state index contributed by atoms with van der Waals surface area (Å²) in [7, 11) is 0. The highest BCUT2D eigenvalue weighted by atomic mass is 35.5. The van der Waals surface area contributed by atoms with Gasteiger partial charge in [0.2, 0.25) is 0 Å². The number of hydrogen-bond acceptors (Lipinski definition) is 2. The molecular weight excluding hydrogens is 305 g/mol. The van der Waals surface area contributed by atoms with Crippen molar-refractivity contribution in [1.29, 1.82) is 0 Å². The van der Waals surface area contributed by atoms with Crippen molar-refractivity contribution >= 4 is 34.8 Å². The number of halogens is 3. The average molecular weight is 319 g/mol. The minimum atomic E-state index is 0.521. The van der Waals surface area contributed by atoms with Crippen molar-refractivity contribution < 1.29 is 4.42 Å². The Hall–Kier alpha value is -0.670. The van der Waals surface area contributed by atoms with E-state index in [9.17, 15) is 0 Å². The summed E-state index contributed by atoms with van der Waals surface area (Å²) in [5, 5.41) is 4.86. The van der Waals surface area contributed by atoms with Crippen molar-refractivity contribution in [2.24, 2.45) is 0 Å². The zero-order valence-electron chi connectivity index (χ0n) is 10.5. The first-order valence-electron chi connectivity index (χ1n) is 6.05. The van der Waals surface area contributed by atoms with Crippen LogP contribution in [-0.2, 0) is 6.54 Å². The van der Waals surface area contributed by atoms with Gasteiger partial charge >= 0.3 is 0 Å². The molecule has 0 saturated heterocycles. The molecular formula is C14H14Cl3NO. The minimum absolute atomic E-state index is 0.521. The maximum absolute atomic E-state index is 6.23. The Morgan fingerprint density at radius 2 is 1.84 bits per heavy atom. The van der Waals surface area contributed by atoms with E-state index in [4.69, 9.17) is 39.2 Å². The number of nitrogens with one attached hydrogen (secondary N) is 1. The van der Waals surface area contributed by atoms with Gasteiger partial charge in [-0.3, -0.25) is 0 Å². The number of rotatable bonds is 5. The molecule has 2 nitrogen and oxygen atoms in total. The van der Waals surface area contributed by atoms with E-state index in [0.717, 1.165) is 29.9 Å². The highest BCUT2D eigenvalue weighted by Crippen LogP contribution is 2.39. The first kappa shape index (κ1) is 14.7. The van der Waals surface area contributed by atoms with E-state index >= 15 is 0 Å². The van der Waals surface area contributed by atoms with Crippen LogP contribution in [0.3, 0.4) is 0 Å². The molecule has 0 saturated carbocycles. The van der Waals surface area contributed by atoms with E-state index in [-0.39, 0.29) is 0 Å². The molecule has 0 aliphatic rings. The third-order valence-corrected chi connectivity index (χ3v) is 3.55. The highest BCUT2D eigenvalue weighted by Gasteiger charge is 2.15. The molecule has 0 bridgehead atoms. The molecule has 102 valence electrons. The molecule has 1 heterocycles. The van der Waals surface area contributed by atoms with Crippen LogP contribution in [0.25, 0.3) is 11.1 Å². The summed E-state index contributed by atoms with van der Waals surface area (Å²) in [6.07, 6.45) is 2.71. The topological polar surface area (TPSA) is 25.2 Å². The van der Waals surface area contributed by atoms with Gasteiger partial charge in [-0.25, -0.2) is 0 Å². The fourth-order valence-corrected chi connectivity index (χ4v) is 2.90. The number of benzene rings is 1. The second kappa shape index (κ2) is 6.67. The number of hydrogen-bond donors (Lipinski definition) is 1. The first-order valence-corrected chi connectivity index (χ1v) is 7.19. The van der Waals surface area contributed by atoms with Crippen LogP contribution in [0.2, 0.25) is 15.1 Å². The average Bonchev–Trinajstić information content (AvgIpc) is 2.76. The van der Waals surface area contributed by atoms with E-state index in [1.54, 1.807) is 18.4 Å². The molecule has 19 heavy (non-hydrogen) atoms. The van der Waals surface area contributed by atoms with Crippen molar-refractivity contribution in [1.82, 2.24) is 5.32 Å². The lowest BCUT2D eigenvalue weighted by Gasteiger charge is -2.09. The van der Waals surface area contributed by atoms with Gasteiger partial charge < -0.3 is 9.73 Å². The van der Waals surface area contributed by atoms with Gasteiger partial charge in [-0.2, -0.15) is 0 Å². The smallest absolute Gasteiger partial charge is 0.125 e. The van der Waals surface area contributed by atoms with Gasteiger partial charge in [0.25, 0.3) is 0 Å². The summed E-state index contributed by atoms with van der Waals surface area (Å²) in [5.74, 6) is 0.819. The van der Waals surface area contributed by atoms with Gasteiger partial charge in [-0.05, 0) is 31.2 Å². The molecule has 1 aromatic heterocycles. The zero-order valence-corrected chi connectivity index (χ0v) is 12.7. The van der Waals surface area contributed by atoms with Crippen LogP contribution in [0.1, 0.15) is 19.1 Å². The molecule has 0 aliphatic carbocycles. The van der Waals surface area contributed by atoms with E-state index < -0.39 is 0 Å². The van der Waals surface area contributed by atoms with Crippen LogP contribution in [-0.4, -0.2) is 6.54 Å². The minimum Gasteiger partial charge on any atom is -0.467 e. The molecule has 2 aromatic rings. The zero-order chi connectivity index (χ0) is 13.8. The summed E-state index contributed by atoms with van der Waals surface area (Å²) in [5.41, 5.74) is 1.66. The lowest BCUT2D eigenvalue weighted by Crippen LogP contribution is -2.13. The quantitative estimate of drug-likeness (QED) is 0.746. The summed E-state index contributed by atoms with van der Waals surface area (Å²) < 4.78 is 5.49. The van der Waals surface area contributed by atoms with Crippen LogP contribution < -0.4 is 5.32 Å². The van der Waals surface area contributed by atoms with Crippen molar-refractivity contribution in [2.75, 3.05) is 6.54 Å². The fourth-order valence-electron chi connectivity index (χ4n) is 1.88. The molecule has 1 aromatic carbocycles. The summed E-state index contributed by atoms with van der Waals surface area (Å²) in [4.78, 5) is 0. The second-order valence-electron chi connectivity index (χ2n) is 4.18. The van der Waals surface area contributed by atoms with E-state index in [0.29, 0.717) is 21.6 Å². The molecule has 0 aliphatic heterocycles. The normalized spacial score (nSPS) is 10.9. The van der Waals surface area contributed by atoms with E-state index in [1.165, 1.54) is 0 Å². The molecule has 2 rings (SSSR count). The Labute approximate surface area is 127 Å². The largest absolute Gasteiger partial charge is 0.467 e. The lowest BCUT2D eigenvalue weighted by molar-refractivity contribution is 0.484. The predicted molar refractivity (Wildman–Crippen MR) is 81.2 cm³/mol. The Morgan fingerprint density at radius 3 is 2.47 bits per heavy atom. The molecule has 0 atom stereocenters. The van der Waals surface area contributed by atoms with Gasteiger partial charge in [0.05, 0.1) is 22.9 Å². The Kier molecular flexibility index (Phi) is 5.17. The Morgan fingerprint density at radius 1 is 1.16 bits per heavy atom. The fraction of sp³-hybridized carbons (Fsp3) is 0.286. The first-order chi connectivity index (χ1) is 9.13. The molecule has 0 spiro atoms. The maximum atomic E-state index is 6.23. The molecule has 5 heteroatoms. The van der Waals surface area contributed by atoms with Gasteiger partial charge in [-0.15, -0.1) is 0 Å².